The average molecular weight is 198 g/mol. The van der Waals surface area contributed by atoms with Crippen molar-refractivity contribution >= 4 is 29.2 Å². The molecule has 6 heteroatoms. The summed E-state index contributed by atoms with van der Waals surface area (Å²) in [5.41, 5.74) is 0. The Balaban J connectivity index is 2.05. The van der Waals surface area contributed by atoms with Crippen LogP contribution < -0.4 is 0 Å². The number of carbonyl (C=O) groups excluding carboxylic acids is 2. The Kier molecular flexibility index (Phi) is 2.05. The molecule has 2 rings (SSSR count). The predicted octanol–water partition coefficient (Wildman–Crippen LogP) is 0.292. The molecule has 0 N–H and O–H groups in total. The summed E-state index contributed by atoms with van der Waals surface area (Å²) in [5.74, 6) is 0.115. The largest absolute Gasteiger partial charge is 0.323 e. The van der Waals surface area contributed by atoms with E-state index in [0.717, 1.165) is 0 Å². The van der Waals surface area contributed by atoms with Gasteiger partial charge < -0.3 is 9.74 Å². The zero-order valence-electron chi connectivity index (χ0n) is 6.54. The van der Waals surface area contributed by atoms with Crippen molar-refractivity contribution in [2.24, 2.45) is 5.16 Å². The summed E-state index contributed by atoms with van der Waals surface area (Å²) >= 11 is 1.41. The van der Waals surface area contributed by atoms with Crippen molar-refractivity contribution in [1.82, 2.24) is 4.90 Å². The van der Waals surface area contributed by atoms with Crippen LogP contribution in [0.5, 0.6) is 0 Å². The van der Waals surface area contributed by atoms with E-state index < -0.39 is 0 Å². The van der Waals surface area contributed by atoms with Crippen LogP contribution in [0.2, 0.25) is 0 Å². The third-order valence-corrected chi connectivity index (χ3v) is 2.89. The fraction of sp³-hybridized carbons (Fsp3) is 0.286. The Morgan fingerprint density at radius 2 is 2.62 bits per heavy atom. The highest BCUT2D eigenvalue weighted by molar-refractivity contribution is 8.15. The van der Waals surface area contributed by atoms with Crippen molar-refractivity contribution in [3.63, 3.8) is 0 Å². The van der Waals surface area contributed by atoms with E-state index in [1.54, 1.807) is 17.2 Å². The molecule has 5 nitrogen and oxygen atoms in total. The van der Waals surface area contributed by atoms with Crippen molar-refractivity contribution in [2.75, 3.05) is 0 Å². The molecule has 0 radical (unpaired) electrons. The summed E-state index contributed by atoms with van der Waals surface area (Å²) in [6, 6.07) is 0. The molecule has 1 amide bonds. The smallest absolute Gasteiger partial charge is 0.321 e. The lowest BCUT2D eigenvalue weighted by Crippen LogP contribution is -2.49. The minimum atomic E-state index is 0.115. The molecule has 2 heterocycles. The molecule has 0 aliphatic carbocycles. The number of hydrogen-bond acceptors (Lipinski definition) is 5. The predicted molar refractivity (Wildman–Crippen MR) is 46.6 cm³/mol. The second-order valence-corrected chi connectivity index (χ2v) is 3.72. The SMILES string of the molecule is O=CO/N=C1/C=CN2C(=O)CC2S1. The van der Waals surface area contributed by atoms with Gasteiger partial charge in [0.1, 0.15) is 5.04 Å². The fourth-order valence-corrected chi connectivity index (χ4v) is 2.16. The quantitative estimate of drug-likeness (QED) is 0.277. The van der Waals surface area contributed by atoms with Crippen LogP contribution in [-0.2, 0) is 14.4 Å². The molecule has 2 aliphatic rings. The number of amides is 1. The maximum absolute atomic E-state index is 10.9. The van der Waals surface area contributed by atoms with E-state index >= 15 is 0 Å². The highest BCUT2D eigenvalue weighted by Crippen LogP contribution is 2.34. The molecule has 0 aromatic heterocycles. The summed E-state index contributed by atoms with van der Waals surface area (Å²) in [5, 5.41) is 4.28. The summed E-state index contributed by atoms with van der Waals surface area (Å²) in [6.45, 7) is 0.264. The Hall–Kier alpha value is -1.30. The molecule has 1 atom stereocenters. The first kappa shape index (κ1) is 8.31. The van der Waals surface area contributed by atoms with Gasteiger partial charge >= 0.3 is 6.47 Å². The van der Waals surface area contributed by atoms with Gasteiger partial charge in [0.2, 0.25) is 5.91 Å². The van der Waals surface area contributed by atoms with Gasteiger partial charge in [-0.15, -0.1) is 0 Å². The molecule has 13 heavy (non-hydrogen) atoms. The maximum atomic E-state index is 10.9. The van der Waals surface area contributed by atoms with Gasteiger partial charge in [-0.05, 0) is 6.08 Å². The van der Waals surface area contributed by atoms with Gasteiger partial charge in [-0.1, -0.05) is 16.9 Å². The molecule has 0 bridgehead atoms. The number of nitrogens with zero attached hydrogens (tertiary/aromatic N) is 2. The lowest BCUT2D eigenvalue weighted by atomic mass is 10.2. The van der Waals surface area contributed by atoms with Crippen molar-refractivity contribution in [3.8, 4) is 0 Å². The zero-order valence-corrected chi connectivity index (χ0v) is 7.36. The van der Waals surface area contributed by atoms with Gasteiger partial charge in [0.15, 0.2) is 0 Å². The minimum Gasteiger partial charge on any atom is -0.321 e. The molecule has 1 fully saturated rings. The first-order valence-electron chi connectivity index (χ1n) is 3.65. The van der Waals surface area contributed by atoms with Crippen LogP contribution in [0.3, 0.4) is 0 Å². The third-order valence-electron chi connectivity index (χ3n) is 1.77. The first-order valence-corrected chi connectivity index (χ1v) is 4.53. The van der Waals surface area contributed by atoms with E-state index in [1.165, 1.54) is 11.8 Å². The van der Waals surface area contributed by atoms with Crippen molar-refractivity contribution in [1.29, 1.82) is 0 Å². The highest BCUT2D eigenvalue weighted by Gasteiger charge is 2.38. The van der Waals surface area contributed by atoms with Crippen LogP contribution in [0.1, 0.15) is 6.42 Å². The van der Waals surface area contributed by atoms with E-state index in [4.69, 9.17) is 0 Å². The Morgan fingerprint density at radius 1 is 1.77 bits per heavy atom. The lowest BCUT2D eigenvalue weighted by molar-refractivity contribution is -0.137. The van der Waals surface area contributed by atoms with Crippen molar-refractivity contribution < 1.29 is 14.4 Å². The molecule has 68 valence electrons. The Labute approximate surface area is 78.4 Å². The van der Waals surface area contributed by atoms with Gasteiger partial charge in [-0.2, -0.15) is 0 Å². The van der Waals surface area contributed by atoms with Crippen LogP contribution in [0.25, 0.3) is 0 Å². The first-order chi connectivity index (χ1) is 6.31. The van der Waals surface area contributed by atoms with E-state index in [1.807, 2.05) is 0 Å². The molecule has 0 aromatic carbocycles. The Bertz CT molecular complexity index is 313. The van der Waals surface area contributed by atoms with E-state index in [0.29, 0.717) is 11.5 Å². The van der Waals surface area contributed by atoms with Crippen LogP contribution >= 0.6 is 11.8 Å². The fourth-order valence-electron chi connectivity index (χ4n) is 1.13. The van der Waals surface area contributed by atoms with Gasteiger partial charge in [0.25, 0.3) is 0 Å². The topological polar surface area (TPSA) is 59.0 Å². The average Bonchev–Trinajstić information content (AvgIpc) is 2.13. The molecule has 0 aromatic rings. The second-order valence-electron chi connectivity index (χ2n) is 2.52. The number of β-lactam (4-membered cyclic amide) rings is 1. The van der Waals surface area contributed by atoms with E-state index in [9.17, 15) is 9.59 Å². The molecule has 0 saturated carbocycles. The summed E-state index contributed by atoms with van der Waals surface area (Å²) < 4.78 is 0. The van der Waals surface area contributed by atoms with Crippen molar-refractivity contribution in [3.05, 3.63) is 12.3 Å². The molecular weight excluding hydrogens is 192 g/mol. The number of carbonyl (C=O) groups is 2. The van der Waals surface area contributed by atoms with Gasteiger partial charge in [-0.25, -0.2) is 0 Å². The van der Waals surface area contributed by atoms with Crippen LogP contribution in [0.4, 0.5) is 0 Å². The summed E-state index contributed by atoms with van der Waals surface area (Å²) in [4.78, 5) is 26.6. The number of fused-ring (bicyclic) bond motifs is 1. The number of hydrogen-bond donors (Lipinski definition) is 0. The number of rotatable bonds is 2. The monoisotopic (exact) mass is 198 g/mol. The van der Waals surface area contributed by atoms with E-state index in [2.05, 4.69) is 9.99 Å². The van der Waals surface area contributed by atoms with Crippen LogP contribution in [-0.4, -0.2) is 27.7 Å². The standard InChI is InChI=1S/C7H6N2O3S/c10-4-12-8-5-1-2-9-6(11)3-7(9)13-5/h1-2,4,7H,3H2/b8-5-. The number of oxime groups is 1. The summed E-state index contributed by atoms with van der Waals surface area (Å²) in [6.07, 6.45) is 3.82. The molecule has 1 saturated heterocycles. The minimum absolute atomic E-state index is 0.115. The molecule has 0 spiro atoms. The third kappa shape index (κ3) is 1.44. The lowest BCUT2D eigenvalue weighted by Gasteiger charge is -2.39. The number of thioether (sulfide) groups is 1. The summed E-state index contributed by atoms with van der Waals surface area (Å²) in [7, 11) is 0. The van der Waals surface area contributed by atoms with Gasteiger partial charge in [-0.3, -0.25) is 9.59 Å². The van der Waals surface area contributed by atoms with Crippen LogP contribution in [0.15, 0.2) is 17.4 Å². The van der Waals surface area contributed by atoms with Gasteiger partial charge in [0.05, 0.1) is 11.8 Å². The molecular formula is C7H6N2O3S. The second kappa shape index (κ2) is 3.21. The van der Waals surface area contributed by atoms with Gasteiger partial charge in [0, 0.05) is 6.20 Å². The maximum Gasteiger partial charge on any atom is 0.323 e. The zero-order chi connectivity index (χ0) is 9.26. The highest BCUT2D eigenvalue weighted by atomic mass is 32.2. The van der Waals surface area contributed by atoms with E-state index in [-0.39, 0.29) is 17.8 Å². The normalized spacial score (nSPS) is 28.3. The molecule has 2 aliphatic heterocycles. The Morgan fingerprint density at radius 3 is 3.23 bits per heavy atom. The van der Waals surface area contributed by atoms with Crippen molar-refractivity contribution in [2.45, 2.75) is 11.8 Å². The van der Waals surface area contributed by atoms with Crippen LogP contribution in [0, 0.1) is 0 Å². The molecule has 1 unspecified atom stereocenters.